The Kier molecular flexibility index (Phi) is 2.46. The van der Waals surface area contributed by atoms with E-state index in [0.29, 0.717) is 5.15 Å². The lowest BCUT2D eigenvalue weighted by atomic mass is 10.2. The first-order valence-corrected chi connectivity index (χ1v) is 4.95. The normalized spacial score (nSPS) is 15.0. The number of fused-ring (bicyclic) bond motifs is 1. The number of esters is 1. The summed E-state index contributed by atoms with van der Waals surface area (Å²) in [6, 6.07) is 0. The Morgan fingerprint density at radius 3 is 3.00 bits per heavy atom. The Morgan fingerprint density at radius 2 is 2.36 bits per heavy atom. The molecule has 0 aliphatic carbocycles. The van der Waals surface area contributed by atoms with Crippen molar-refractivity contribution < 1.29 is 9.53 Å². The van der Waals surface area contributed by atoms with Gasteiger partial charge in [0.15, 0.2) is 5.69 Å². The van der Waals surface area contributed by atoms with Crippen LogP contribution in [0.5, 0.6) is 0 Å². The van der Waals surface area contributed by atoms with E-state index in [0.717, 1.165) is 31.6 Å². The molecule has 0 N–H and O–H groups in total. The number of carbonyl (C=O) groups excluding carboxylic acids is 1. The van der Waals surface area contributed by atoms with E-state index < -0.39 is 5.97 Å². The van der Waals surface area contributed by atoms with E-state index >= 15 is 0 Å². The smallest absolute Gasteiger partial charge is 0.359 e. The number of halogens is 1. The number of imidazole rings is 1. The molecule has 1 aromatic rings. The van der Waals surface area contributed by atoms with Gasteiger partial charge >= 0.3 is 5.97 Å². The highest BCUT2D eigenvalue weighted by Gasteiger charge is 2.22. The fourth-order valence-corrected chi connectivity index (χ4v) is 1.98. The molecule has 2 rings (SSSR count). The van der Waals surface area contributed by atoms with E-state index in [4.69, 9.17) is 11.6 Å². The molecule has 4 nitrogen and oxygen atoms in total. The number of methoxy groups -OCH3 is 1. The number of carbonyl (C=O) groups is 1. The molecule has 0 amide bonds. The summed E-state index contributed by atoms with van der Waals surface area (Å²) >= 11 is 6.02. The van der Waals surface area contributed by atoms with Crippen molar-refractivity contribution in [2.24, 2.45) is 0 Å². The van der Waals surface area contributed by atoms with Crippen LogP contribution in [-0.2, 0) is 17.7 Å². The van der Waals surface area contributed by atoms with Crippen LogP contribution in [0.2, 0.25) is 5.15 Å². The summed E-state index contributed by atoms with van der Waals surface area (Å²) in [4.78, 5) is 15.4. The van der Waals surface area contributed by atoms with Crippen molar-refractivity contribution in [2.75, 3.05) is 7.11 Å². The highest BCUT2D eigenvalue weighted by Crippen LogP contribution is 2.24. The van der Waals surface area contributed by atoms with E-state index in [2.05, 4.69) is 9.72 Å². The van der Waals surface area contributed by atoms with Crippen LogP contribution in [0.25, 0.3) is 0 Å². The molecule has 0 fully saturated rings. The standard InChI is InChI=1S/C9H11ClN2O2/c1-14-9(13)7-8(10)12-5-3-2-4-6(12)11-7/h2-5H2,1H3. The molecule has 1 aliphatic rings. The fourth-order valence-electron chi connectivity index (χ4n) is 1.67. The van der Waals surface area contributed by atoms with Crippen molar-refractivity contribution in [3.8, 4) is 0 Å². The van der Waals surface area contributed by atoms with Gasteiger partial charge in [0.2, 0.25) is 0 Å². The molecule has 5 heteroatoms. The SMILES string of the molecule is COC(=O)c1nc2n(c1Cl)CCCC2. The largest absolute Gasteiger partial charge is 0.464 e. The highest BCUT2D eigenvalue weighted by molar-refractivity contribution is 6.32. The number of aromatic nitrogens is 2. The van der Waals surface area contributed by atoms with Gasteiger partial charge in [-0.05, 0) is 12.8 Å². The van der Waals surface area contributed by atoms with Crippen molar-refractivity contribution in [1.29, 1.82) is 0 Å². The Balaban J connectivity index is 2.43. The predicted octanol–water partition coefficient (Wildman–Crippen LogP) is 1.66. The second-order valence-corrected chi connectivity index (χ2v) is 3.63. The topological polar surface area (TPSA) is 44.1 Å². The minimum atomic E-state index is -0.461. The fraction of sp³-hybridized carbons (Fsp3) is 0.556. The predicted molar refractivity (Wildman–Crippen MR) is 51.5 cm³/mol. The Bertz CT molecular complexity index is 373. The molecule has 0 saturated carbocycles. The first kappa shape index (κ1) is 9.52. The molecule has 0 bridgehead atoms. The molecule has 14 heavy (non-hydrogen) atoms. The second-order valence-electron chi connectivity index (χ2n) is 3.27. The molecule has 0 saturated heterocycles. The van der Waals surface area contributed by atoms with Gasteiger partial charge in [-0.25, -0.2) is 9.78 Å². The minimum Gasteiger partial charge on any atom is -0.464 e. The minimum absolute atomic E-state index is 0.242. The molecule has 0 aromatic carbocycles. The van der Waals surface area contributed by atoms with E-state index in [1.165, 1.54) is 7.11 Å². The van der Waals surface area contributed by atoms with Crippen LogP contribution in [0.1, 0.15) is 29.2 Å². The number of hydrogen-bond acceptors (Lipinski definition) is 3. The van der Waals surface area contributed by atoms with Crippen LogP contribution in [0.15, 0.2) is 0 Å². The van der Waals surface area contributed by atoms with Crippen LogP contribution < -0.4 is 0 Å². The third-order valence-electron chi connectivity index (χ3n) is 2.40. The summed E-state index contributed by atoms with van der Waals surface area (Å²) in [5.74, 6) is 0.429. The number of hydrogen-bond donors (Lipinski definition) is 0. The number of nitrogens with zero attached hydrogens (tertiary/aromatic N) is 2. The average Bonchev–Trinajstić information content (AvgIpc) is 2.56. The Hall–Kier alpha value is -1.03. The van der Waals surface area contributed by atoms with Crippen LogP contribution in [0, 0.1) is 0 Å². The van der Waals surface area contributed by atoms with Crippen LogP contribution in [-0.4, -0.2) is 22.6 Å². The summed E-state index contributed by atoms with van der Waals surface area (Å²) < 4.78 is 6.48. The summed E-state index contributed by atoms with van der Waals surface area (Å²) in [5.41, 5.74) is 0.242. The monoisotopic (exact) mass is 214 g/mol. The molecule has 2 heterocycles. The second kappa shape index (κ2) is 3.61. The van der Waals surface area contributed by atoms with Gasteiger partial charge in [-0.2, -0.15) is 0 Å². The third-order valence-corrected chi connectivity index (χ3v) is 2.78. The number of aryl methyl sites for hydroxylation is 1. The Labute approximate surface area is 86.8 Å². The highest BCUT2D eigenvalue weighted by atomic mass is 35.5. The van der Waals surface area contributed by atoms with E-state index in [-0.39, 0.29) is 5.69 Å². The van der Waals surface area contributed by atoms with Gasteiger partial charge in [0, 0.05) is 13.0 Å². The van der Waals surface area contributed by atoms with E-state index in [1.54, 1.807) is 0 Å². The number of ether oxygens (including phenoxy) is 1. The zero-order chi connectivity index (χ0) is 10.1. The maximum Gasteiger partial charge on any atom is 0.359 e. The molecule has 1 aliphatic heterocycles. The zero-order valence-electron chi connectivity index (χ0n) is 7.92. The quantitative estimate of drug-likeness (QED) is 0.668. The third kappa shape index (κ3) is 1.39. The molecule has 1 aromatic heterocycles. The zero-order valence-corrected chi connectivity index (χ0v) is 8.67. The maximum absolute atomic E-state index is 11.3. The van der Waals surface area contributed by atoms with Crippen molar-refractivity contribution in [2.45, 2.75) is 25.8 Å². The molecule has 0 spiro atoms. The van der Waals surface area contributed by atoms with Crippen LogP contribution >= 0.6 is 11.6 Å². The first-order chi connectivity index (χ1) is 6.74. The van der Waals surface area contributed by atoms with E-state index in [9.17, 15) is 4.79 Å². The van der Waals surface area contributed by atoms with Gasteiger partial charge in [-0.3, -0.25) is 0 Å². The average molecular weight is 215 g/mol. The maximum atomic E-state index is 11.3. The molecule has 0 radical (unpaired) electrons. The van der Waals surface area contributed by atoms with Gasteiger partial charge in [-0.1, -0.05) is 11.6 Å². The molecular weight excluding hydrogens is 204 g/mol. The molecule has 0 atom stereocenters. The van der Waals surface area contributed by atoms with Gasteiger partial charge in [0.05, 0.1) is 7.11 Å². The summed E-state index contributed by atoms with van der Waals surface area (Å²) in [7, 11) is 1.33. The van der Waals surface area contributed by atoms with Crippen molar-refractivity contribution in [1.82, 2.24) is 9.55 Å². The number of rotatable bonds is 1. The van der Waals surface area contributed by atoms with Gasteiger partial charge in [-0.15, -0.1) is 0 Å². The van der Waals surface area contributed by atoms with Crippen LogP contribution in [0.4, 0.5) is 0 Å². The summed E-state index contributed by atoms with van der Waals surface area (Å²) in [6.07, 6.45) is 3.08. The summed E-state index contributed by atoms with van der Waals surface area (Å²) in [6.45, 7) is 0.845. The Morgan fingerprint density at radius 1 is 1.57 bits per heavy atom. The van der Waals surface area contributed by atoms with E-state index in [1.807, 2.05) is 4.57 Å². The van der Waals surface area contributed by atoms with Crippen molar-refractivity contribution in [3.05, 3.63) is 16.7 Å². The lowest BCUT2D eigenvalue weighted by Gasteiger charge is -2.13. The van der Waals surface area contributed by atoms with Crippen LogP contribution in [0.3, 0.4) is 0 Å². The van der Waals surface area contributed by atoms with Gasteiger partial charge in [0.1, 0.15) is 11.0 Å². The molecule has 76 valence electrons. The van der Waals surface area contributed by atoms with Gasteiger partial charge < -0.3 is 9.30 Å². The molecule has 0 unspecified atom stereocenters. The van der Waals surface area contributed by atoms with Gasteiger partial charge in [0.25, 0.3) is 0 Å². The summed E-state index contributed by atoms with van der Waals surface area (Å²) in [5, 5.41) is 0.409. The first-order valence-electron chi connectivity index (χ1n) is 4.57. The molecular formula is C9H11ClN2O2. The lowest BCUT2D eigenvalue weighted by molar-refractivity contribution is 0.0594. The lowest BCUT2D eigenvalue weighted by Crippen LogP contribution is -2.10. The van der Waals surface area contributed by atoms with Crippen molar-refractivity contribution >= 4 is 17.6 Å². The van der Waals surface area contributed by atoms with Crippen molar-refractivity contribution in [3.63, 3.8) is 0 Å².